The van der Waals surface area contributed by atoms with Crippen LogP contribution in [0.3, 0.4) is 0 Å². The van der Waals surface area contributed by atoms with Gasteiger partial charge in [0.05, 0.1) is 10.6 Å². The highest BCUT2D eigenvalue weighted by molar-refractivity contribution is 6.29. The Morgan fingerprint density at radius 1 is 1.24 bits per heavy atom. The van der Waals surface area contributed by atoms with Gasteiger partial charge in [-0.2, -0.15) is 5.10 Å². The third-order valence-corrected chi connectivity index (χ3v) is 2.52. The van der Waals surface area contributed by atoms with Crippen molar-refractivity contribution < 1.29 is 4.92 Å². The Morgan fingerprint density at radius 2 is 1.88 bits per heavy atom. The molecule has 0 fully saturated rings. The molecule has 0 unspecified atom stereocenters. The standard InChI is InChI=1S/C11H8ClN3O2/c1-7-10(6-11(12)14-13-7)8-2-4-9(5-3-8)15(16)17/h2-6H,1H3. The second-order valence-corrected chi connectivity index (χ2v) is 3.86. The molecule has 0 radical (unpaired) electrons. The zero-order valence-corrected chi connectivity index (χ0v) is 9.68. The van der Waals surface area contributed by atoms with Crippen LogP contribution in [0.5, 0.6) is 0 Å². The molecule has 1 aromatic heterocycles. The molecule has 0 aliphatic rings. The lowest BCUT2D eigenvalue weighted by atomic mass is 10.1. The summed E-state index contributed by atoms with van der Waals surface area (Å²) in [4.78, 5) is 10.1. The van der Waals surface area contributed by atoms with E-state index in [-0.39, 0.29) is 5.69 Å². The number of hydrogen-bond acceptors (Lipinski definition) is 4. The summed E-state index contributed by atoms with van der Waals surface area (Å²) in [5.41, 5.74) is 2.42. The maximum atomic E-state index is 10.5. The van der Waals surface area contributed by atoms with Crippen LogP contribution in [0.15, 0.2) is 30.3 Å². The van der Waals surface area contributed by atoms with Gasteiger partial charge in [-0.3, -0.25) is 10.1 Å². The third-order valence-electron chi connectivity index (χ3n) is 2.34. The van der Waals surface area contributed by atoms with Gasteiger partial charge in [0.15, 0.2) is 5.15 Å². The van der Waals surface area contributed by atoms with Crippen molar-refractivity contribution in [2.75, 3.05) is 0 Å². The lowest BCUT2D eigenvalue weighted by Gasteiger charge is -2.04. The van der Waals surface area contributed by atoms with E-state index < -0.39 is 4.92 Å². The quantitative estimate of drug-likeness (QED) is 0.606. The van der Waals surface area contributed by atoms with Crippen LogP contribution in [0.1, 0.15) is 5.69 Å². The van der Waals surface area contributed by atoms with Crippen molar-refractivity contribution >= 4 is 17.3 Å². The van der Waals surface area contributed by atoms with E-state index in [0.29, 0.717) is 5.15 Å². The van der Waals surface area contributed by atoms with Crippen molar-refractivity contribution in [1.29, 1.82) is 0 Å². The molecule has 1 aromatic carbocycles. The molecule has 2 aromatic rings. The first-order valence-corrected chi connectivity index (χ1v) is 5.20. The van der Waals surface area contributed by atoms with Crippen molar-refractivity contribution in [3.63, 3.8) is 0 Å². The minimum Gasteiger partial charge on any atom is -0.258 e. The summed E-state index contributed by atoms with van der Waals surface area (Å²) < 4.78 is 0. The number of nitro benzene ring substituents is 1. The van der Waals surface area contributed by atoms with Gasteiger partial charge in [0.25, 0.3) is 5.69 Å². The largest absolute Gasteiger partial charge is 0.269 e. The van der Waals surface area contributed by atoms with E-state index in [0.717, 1.165) is 16.8 Å². The van der Waals surface area contributed by atoms with Crippen LogP contribution in [0, 0.1) is 17.0 Å². The highest BCUT2D eigenvalue weighted by Crippen LogP contribution is 2.25. The second-order valence-electron chi connectivity index (χ2n) is 3.47. The van der Waals surface area contributed by atoms with Gasteiger partial charge in [0.2, 0.25) is 0 Å². The van der Waals surface area contributed by atoms with E-state index in [1.165, 1.54) is 12.1 Å². The van der Waals surface area contributed by atoms with E-state index in [9.17, 15) is 10.1 Å². The van der Waals surface area contributed by atoms with E-state index in [4.69, 9.17) is 11.6 Å². The molecule has 1 heterocycles. The number of hydrogen-bond donors (Lipinski definition) is 0. The molecule has 0 saturated carbocycles. The Morgan fingerprint density at radius 3 is 2.47 bits per heavy atom. The maximum absolute atomic E-state index is 10.5. The molecule has 6 heteroatoms. The minimum atomic E-state index is -0.436. The fraction of sp³-hybridized carbons (Fsp3) is 0.0909. The molecule has 17 heavy (non-hydrogen) atoms. The van der Waals surface area contributed by atoms with Gasteiger partial charge in [-0.1, -0.05) is 11.6 Å². The van der Waals surface area contributed by atoms with Crippen molar-refractivity contribution in [3.8, 4) is 11.1 Å². The SMILES string of the molecule is Cc1nnc(Cl)cc1-c1ccc([N+](=O)[O-])cc1. The molecule has 0 saturated heterocycles. The number of rotatable bonds is 2. The number of non-ortho nitro benzene ring substituents is 1. The van der Waals surface area contributed by atoms with Crippen LogP contribution in [0.2, 0.25) is 5.15 Å². The Bertz CT molecular complexity index is 569. The summed E-state index contributed by atoms with van der Waals surface area (Å²) in [7, 11) is 0. The molecular formula is C11H8ClN3O2. The van der Waals surface area contributed by atoms with Crippen LogP contribution in [-0.4, -0.2) is 15.1 Å². The van der Waals surface area contributed by atoms with Gasteiger partial charge in [0.1, 0.15) is 0 Å². The van der Waals surface area contributed by atoms with Crippen LogP contribution < -0.4 is 0 Å². The van der Waals surface area contributed by atoms with Gasteiger partial charge in [-0.15, -0.1) is 5.10 Å². The van der Waals surface area contributed by atoms with Crippen molar-refractivity contribution in [1.82, 2.24) is 10.2 Å². The van der Waals surface area contributed by atoms with E-state index >= 15 is 0 Å². The summed E-state index contributed by atoms with van der Waals surface area (Å²) in [5, 5.41) is 18.4. The molecular weight excluding hydrogens is 242 g/mol. The molecule has 2 rings (SSSR count). The summed E-state index contributed by atoms with van der Waals surface area (Å²) in [6, 6.07) is 7.91. The van der Waals surface area contributed by atoms with Gasteiger partial charge in [-0.05, 0) is 30.7 Å². The lowest BCUT2D eigenvalue weighted by molar-refractivity contribution is -0.384. The zero-order valence-electron chi connectivity index (χ0n) is 8.92. The smallest absolute Gasteiger partial charge is 0.258 e. The van der Waals surface area contributed by atoms with Crippen molar-refractivity contribution in [2.45, 2.75) is 6.92 Å². The zero-order chi connectivity index (χ0) is 12.4. The molecule has 86 valence electrons. The first-order chi connectivity index (χ1) is 8.08. The van der Waals surface area contributed by atoms with Gasteiger partial charge in [-0.25, -0.2) is 0 Å². The molecule has 0 amide bonds. The fourth-order valence-electron chi connectivity index (χ4n) is 1.48. The molecule has 5 nitrogen and oxygen atoms in total. The fourth-order valence-corrected chi connectivity index (χ4v) is 1.63. The summed E-state index contributed by atoms with van der Waals surface area (Å²) in [6.45, 7) is 1.81. The number of nitrogens with zero attached hydrogens (tertiary/aromatic N) is 3. The Hall–Kier alpha value is -2.01. The molecule has 0 aliphatic carbocycles. The number of aromatic nitrogens is 2. The van der Waals surface area contributed by atoms with E-state index in [1.807, 2.05) is 0 Å². The highest BCUT2D eigenvalue weighted by Gasteiger charge is 2.08. The first kappa shape index (κ1) is 11.5. The Labute approximate surface area is 102 Å². The monoisotopic (exact) mass is 249 g/mol. The summed E-state index contributed by atoms with van der Waals surface area (Å²) in [6.07, 6.45) is 0. The number of halogens is 1. The first-order valence-electron chi connectivity index (χ1n) is 4.82. The van der Waals surface area contributed by atoms with Gasteiger partial charge in [0, 0.05) is 17.7 Å². The van der Waals surface area contributed by atoms with Crippen LogP contribution in [0.25, 0.3) is 11.1 Å². The van der Waals surface area contributed by atoms with Gasteiger partial charge < -0.3 is 0 Å². The summed E-state index contributed by atoms with van der Waals surface area (Å²) in [5.74, 6) is 0. The molecule has 0 atom stereocenters. The van der Waals surface area contributed by atoms with Crippen molar-refractivity contribution in [2.24, 2.45) is 0 Å². The normalized spacial score (nSPS) is 10.2. The number of nitro groups is 1. The average molecular weight is 250 g/mol. The third kappa shape index (κ3) is 2.39. The average Bonchev–Trinajstić information content (AvgIpc) is 2.32. The summed E-state index contributed by atoms with van der Waals surface area (Å²) >= 11 is 5.77. The minimum absolute atomic E-state index is 0.0551. The highest BCUT2D eigenvalue weighted by atomic mass is 35.5. The topological polar surface area (TPSA) is 68.9 Å². The van der Waals surface area contributed by atoms with Crippen molar-refractivity contribution in [3.05, 3.63) is 51.3 Å². The van der Waals surface area contributed by atoms with E-state index in [1.54, 1.807) is 25.1 Å². The molecule has 0 aliphatic heterocycles. The van der Waals surface area contributed by atoms with Crippen LogP contribution >= 0.6 is 11.6 Å². The molecule has 0 N–H and O–H groups in total. The van der Waals surface area contributed by atoms with Gasteiger partial charge >= 0.3 is 0 Å². The Kier molecular flexibility index (Phi) is 3.01. The van der Waals surface area contributed by atoms with Crippen LogP contribution in [-0.2, 0) is 0 Å². The predicted octanol–water partition coefficient (Wildman–Crippen LogP) is 3.01. The lowest BCUT2D eigenvalue weighted by Crippen LogP contribution is -1.92. The maximum Gasteiger partial charge on any atom is 0.269 e. The number of benzene rings is 1. The molecule has 0 bridgehead atoms. The predicted molar refractivity (Wildman–Crippen MR) is 63.9 cm³/mol. The van der Waals surface area contributed by atoms with Crippen LogP contribution in [0.4, 0.5) is 5.69 Å². The number of aryl methyl sites for hydroxylation is 1. The Balaban J connectivity index is 2.46. The molecule has 0 spiro atoms. The van der Waals surface area contributed by atoms with E-state index in [2.05, 4.69) is 10.2 Å². The second kappa shape index (κ2) is 4.47.